The fraction of sp³-hybridized carbons (Fsp3) is 0.154. The number of hydrogen-bond donors (Lipinski definition) is 2. The molecule has 0 aliphatic rings. The summed E-state index contributed by atoms with van der Waals surface area (Å²) in [5.41, 5.74) is 1.65. The number of aliphatic hydroxyl groups excluding tert-OH is 1. The van der Waals surface area contributed by atoms with E-state index in [0.717, 1.165) is 0 Å². The average Bonchev–Trinajstić information content (AvgIpc) is 2.41. The van der Waals surface area contributed by atoms with Gasteiger partial charge in [0.1, 0.15) is 0 Å². The number of aryl methyl sites for hydroxylation is 1. The van der Waals surface area contributed by atoms with Crippen LogP contribution in [-0.4, -0.2) is 18.5 Å². The summed E-state index contributed by atoms with van der Waals surface area (Å²) in [6.07, 6.45) is 3.08. The third kappa shape index (κ3) is 3.09. The van der Waals surface area contributed by atoms with Gasteiger partial charge in [-0.15, -0.1) is 0 Å². The van der Waals surface area contributed by atoms with Gasteiger partial charge in [0.25, 0.3) is 10.0 Å². The molecule has 0 aliphatic carbocycles. The predicted molar refractivity (Wildman–Crippen MR) is 77.2 cm³/mol. The fourth-order valence-corrected chi connectivity index (χ4v) is 3.08. The van der Waals surface area contributed by atoms with Crippen LogP contribution in [0.25, 0.3) is 0 Å². The van der Waals surface area contributed by atoms with Gasteiger partial charge in [-0.25, -0.2) is 8.42 Å². The third-order valence-electron chi connectivity index (χ3n) is 2.77. The summed E-state index contributed by atoms with van der Waals surface area (Å²) in [5, 5.41) is 9.24. The molecular formula is C13H13ClN2O3S. The predicted octanol–water partition coefficient (Wildman–Crippen LogP) is 2.34. The molecule has 0 fully saturated rings. The lowest BCUT2D eigenvalue weighted by molar-refractivity contribution is 0.282. The molecule has 0 radical (unpaired) electrons. The van der Waals surface area contributed by atoms with E-state index in [0.29, 0.717) is 16.8 Å². The first-order chi connectivity index (χ1) is 9.44. The first kappa shape index (κ1) is 14.8. The van der Waals surface area contributed by atoms with Gasteiger partial charge in [0.15, 0.2) is 0 Å². The second-order valence-electron chi connectivity index (χ2n) is 4.21. The van der Waals surface area contributed by atoms with E-state index in [4.69, 9.17) is 16.7 Å². The van der Waals surface area contributed by atoms with E-state index in [9.17, 15) is 8.42 Å². The molecule has 0 aliphatic heterocycles. The lowest BCUT2D eigenvalue weighted by Gasteiger charge is -2.11. The topological polar surface area (TPSA) is 79.3 Å². The molecular weight excluding hydrogens is 300 g/mol. The molecule has 2 aromatic rings. The maximum atomic E-state index is 12.3. The number of halogens is 1. The van der Waals surface area contributed by atoms with E-state index in [-0.39, 0.29) is 16.5 Å². The number of benzene rings is 1. The molecule has 0 saturated carbocycles. The van der Waals surface area contributed by atoms with Crippen molar-refractivity contribution < 1.29 is 13.5 Å². The van der Waals surface area contributed by atoms with E-state index in [2.05, 4.69) is 9.71 Å². The van der Waals surface area contributed by atoms with Crippen molar-refractivity contribution >= 4 is 27.3 Å². The maximum Gasteiger partial charge on any atom is 0.261 e. The van der Waals surface area contributed by atoms with Crippen molar-refractivity contribution in [3.8, 4) is 0 Å². The minimum Gasteiger partial charge on any atom is -0.392 e. The molecule has 0 spiro atoms. The van der Waals surface area contributed by atoms with Crippen molar-refractivity contribution in [2.75, 3.05) is 4.72 Å². The van der Waals surface area contributed by atoms with Crippen molar-refractivity contribution in [2.45, 2.75) is 18.4 Å². The summed E-state index contributed by atoms with van der Waals surface area (Å²) in [6, 6.07) is 5.77. The summed E-state index contributed by atoms with van der Waals surface area (Å²) in [7, 11) is -3.73. The zero-order valence-corrected chi connectivity index (χ0v) is 12.2. The highest BCUT2D eigenvalue weighted by molar-refractivity contribution is 7.92. The molecule has 106 valence electrons. The zero-order chi connectivity index (χ0) is 14.8. The van der Waals surface area contributed by atoms with E-state index >= 15 is 0 Å². The highest BCUT2D eigenvalue weighted by atomic mass is 35.5. The maximum absolute atomic E-state index is 12.3. The van der Waals surface area contributed by atoms with Crippen LogP contribution in [0.2, 0.25) is 5.02 Å². The summed E-state index contributed by atoms with van der Waals surface area (Å²) >= 11 is 5.91. The summed E-state index contributed by atoms with van der Waals surface area (Å²) in [5.74, 6) is 0. The molecule has 0 atom stereocenters. The number of nitrogens with one attached hydrogen (secondary N) is 1. The monoisotopic (exact) mass is 312 g/mol. The number of anilines is 1. The van der Waals surface area contributed by atoms with Crippen LogP contribution >= 0.6 is 11.6 Å². The van der Waals surface area contributed by atoms with E-state index in [1.54, 1.807) is 19.2 Å². The van der Waals surface area contributed by atoms with Crippen LogP contribution in [0, 0.1) is 6.92 Å². The van der Waals surface area contributed by atoms with E-state index < -0.39 is 10.0 Å². The molecule has 0 amide bonds. The van der Waals surface area contributed by atoms with E-state index in [1.807, 2.05) is 0 Å². The van der Waals surface area contributed by atoms with Gasteiger partial charge in [-0.1, -0.05) is 17.7 Å². The van der Waals surface area contributed by atoms with Gasteiger partial charge in [-0.2, -0.15) is 0 Å². The van der Waals surface area contributed by atoms with Gasteiger partial charge in [-0.3, -0.25) is 9.71 Å². The van der Waals surface area contributed by atoms with Crippen LogP contribution in [-0.2, 0) is 16.6 Å². The highest BCUT2D eigenvalue weighted by Crippen LogP contribution is 2.23. The van der Waals surface area contributed by atoms with Crippen LogP contribution in [0.4, 0.5) is 5.69 Å². The number of aromatic nitrogens is 1. The molecule has 20 heavy (non-hydrogen) atoms. The standard InChI is InChI=1S/C13H13ClN2O3S/c1-9-7-15-5-4-13(9)16-20(18,19)11-3-2-10(8-17)12(14)6-11/h2-7,17H,8H2,1H3,(H,15,16). The number of rotatable bonds is 4. The summed E-state index contributed by atoms with van der Waals surface area (Å²) in [6.45, 7) is 1.52. The second kappa shape index (κ2) is 5.78. The van der Waals surface area contributed by atoms with Crippen LogP contribution in [0.5, 0.6) is 0 Å². The third-order valence-corrected chi connectivity index (χ3v) is 4.48. The Morgan fingerprint density at radius 1 is 1.35 bits per heavy atom. The number of aliphatic hydroxyl groups is 1. The highest BCUT2D eigenvalue weighted by Gasteiger charge is 2.16. The molecule has 7 heteroatoms. The number of sulfonamides is 1. The lowest BCUT2D eigenvalue weighted by Crippen LogP contribution is -2.14. The zero-order valence-electron chi connectivity index (χ0n) is 10.7. The molecule has 2 rings (SSSR count). The molecule has 1 heterocycles. The van der Waals surface area contributed by atoms with Crippen molar-refractivity contribution in [3.05, 3.63) is 52.8 Å². The number of pyridine rings is 1. The summed E-state index contributed by atoms with van der Waals surface area (Å²) < 4.78 is 27.0. The lowest BCUT2D eigenvalue weighted by atomic mass is 10.2. The van der Waals surface area contributed by atoms with Crippen molar-refractivity contribution in [3.63, 3.8) is 0 Å². The quantitative estimate of drug-likeness (QED) is 0.908. The molecule has 1 aromatic heterocycles. The Morgan fingerprint density at radius 3 is 2.70 bits per heavy atom. The first-order valence-electron chi connectivity index (χ1n) is 5.77. The molecule has 0 unspecified atom stereocenters. The molecule has 0 saturated heterocycles. The second-order valence-corrected chi connectivity index (χ2v) is 6.30. The minimum absolute atomic E-state index is 0.0379. The Morgan fingerprint density at radius 2 is 2.10 bits per heavy atom. The SMILES string of the molecule is Cc1cnccc1NS(=O)(=O)c1ccc(CO)c(Cl)c1. The molecule has 0 bridgehead atoms. The molecule has 2 N–H and O–H groups in total. The van der Waals surface area contributed by atoms with Crippen LogP contribution in [0.3, 0.4) is 0 Å². The molecule has 5 nitrogen and oxygen atoms in total. The number of hydrogen-bond acceptors (Lipinski definition) is 4. The van der Waals surface area contributed by atoms with Crippen LogP contribution in [0.1, 0.15) is 11.1 Å². The number of nitrogens with zero attached hydrogens (tertiary/aromatic N) is 1. The van der Waals surface area contributed by atoms with Gasteiger partial charge in [0.2, 0.25) is 0 Å². The van der Waals surface area contributed by atoms with Gasteiger partial charge in [-0.05, 0) is 36.2 Å². The van der Waals surface area contributed by atoms with Gasteiger partial charge >= 0.3 is 0 Å². The Labute approximate surface area is 122 Å². The minimum atomic E-state index is -3.73. The smallest absolute Gasteiger partial charge is 0.261 e. The Balaban J connectivity index is 2.36. The van der Waals surface area contributed by atoms with Crippen molar-refractivity contribution in [1.29, 1.82) is 0 Å². The Bertz CT molecular complexity index is 732. The Hall–Kier alpha value is -1.63. The van der Waals surface area contributed by atoms with Crippen LogP contribution in [0.15, 0.2) is 41.6 Å². The average molecular weight is 313 g/mol. The van der Waals surface area contributed by atoms with Crippen LogP contribution < -0.4 is 4.72 Å². The van der Waals surface area contributed by atoms with Gasteiger partial charge in [0.05, 0.1) is 17.2 Å². The van der Waals surface area contributed by atoms with E-state index in [1.165, 1.54) is 24.4 Å². The van der Waals surface area contributed by atoms with Gasteiger partial charge < -0.3 is 5.11 Å². The van der Waals surface area contributed by atoms with Crippen molar-refractivity contribution in [1.82, 2.24) is 4.98 Å². The normalized spacial score (nSPS) is 11.3. The molecule has 1 aromatic carbocycles. The fourth-order valence-electron chi connectivity index (χ4n) is 1.62. The first-order valence-corrected chi connectivity index (χ1v) is 7.63. The Kier molecular flexibility index (Phi) is 4.27. The summed E-state index contributed by atoms with van der Waals surface area (Å²) in [4.78, 5) is 3.94. The van der Waals surface area contributed by atoms with Gasteiger partial charge in [0, 0.05) is 17.4 Å². The largest absolute Gasteiger partial charge is 0.392 e. The van der Waals surface area contributed by atoms with Crippen molar-refractivity contribution in [2.24, 2.45) is 0 Å².